The largest absolute Gasteiger partial charge is 0.265 e. The SMILES string of the molecule is CCCC(C)c1c(Br)nc(CC)n1Br. The van der Waals surface area contributed by atoms with Crippen LogP contribution in [-0.4, -0.2) is 8.58 Å². The third kappa shape index (κ3) is 2.40. The highest BCUT2D eigenvalue weighted by atomic mass is 79.9. The van der Waals surface area contributed by atoms with Gasteiger partial charge < -0.3 is 0 Å². The molecule has 4 heteroatoms. The zero-order valence-corrected chi connectivity index (χ0v) is 12.0. The first kappa shape index (κ1) is 12.2. The van der Waals surface area contributed by atoms with Crippen LogP contribution in [0, 0.1) is 0 Å². The monoisotopic (exact) mass is 322 g/mol. The quantitative estimate of drug-likeness (QED) is 0.809. The van der Waals surface area contributed by atoms with E-state index in [4.69, 9.17) is 0 Å². The molecular weight excluding hydrogens is 308 g/mol. The van der Waals surface area contributed by atoms with Crippen LogP contribution >= 0.6 is 32.1 Å². The van der Waals surface area contributed by atoms with Crippen molar-refractivity contribution >= 4 is 32.1 Å². The summed E-state index contributed by atoms with van der Waals surface area (Å²) in [5.74, 6) is 1.62. The summed E-state index contributed by atoms with van der Waals surface area (Å²) in [5.41, 5.74) is 1.25. The summed E-state index contributed by atoms with van der Waals surface area (Å²) in [6.45, 7) is 6.56. The maximum absolute atomic E-state index is 4.46. The summed E-state index contributed by atoms with van der Waals surface area (Å²) in [7, 11) is 0. The van der Waals surface area contributed by atoms with E-state index in [0.29, 0.717) is 5.92 Å². The van der Waals surface area contributed by atoms with E-state index in [-0.39, 0.29) is 0 Å². The number of imidazole rings is 1. The first-order valence-corrected chi connectivity index (χ1v) is 6.55. The highest BCUT2D eigenvalue weighted by Gasteiger charge is 2.17. The molecular formula is C10H16Br2N2. The van der Waals surface area contributed by atoms with Gasteiger partial charge in [0.1, 0.15) is 10.4 Å². The van der Waals surface area contributed by atoms with Gasteiger partial charge in [0, 0.05) is 12.3 Å². The van der Waals surface area contributed by atoms with Crippen LogP contribution in [0.2, 0.25) is 0 Å². The Morgan fingerprint density at radius 2 is 2.07 bits per heavy atom. The zero-order valence-electron chi connectivity index (χ0n) is 8.85. The highest BCUT2D eigenvalue weighted by Crippen LogP contribution is 2.30. The van der Waals surface area contributed by atoms with Gasteiger partial charge in [-0.05, 0) is 22.4 Å². The van der Waals surface area contributed by atoms with Crippen molar-refractivity contribution in [1.82, 2.24) is 8.58 Å². The van der Waals surface area contributed by atoms with Crippen molar-refractivity contribution in [2.45, 2.75) is 46.0 Å². The summed E-state index contributed by atoms with van der Waals surface area (Å²) < 4.78 is 3.02. The van der Waals surface area contributed by atoms with E-state index in [0.717, 1.165) is 16.8 Å². The number of rotatable bonds is 4. The first-order valence-electron chi connectivity index (χ1n) is 5.04. The number of nitrogens with zero attached hydrogens (tertiary/aromatic N) is 2. The van der Waals surface area contributed by atoms with Crippen LogP contribution in [0.15, 0.2) is 4.60 Å². The smallest absolute Gasteiger partial charge is 0.128 e. The Labute approximate surface area is 103 Å². The van der Waals surface area contributed by atoms with E-state index in [1.165, 1.54) is 18.5 Å². The maximum atomic E-state index is 4.46. The molecule has 0 spiro atoms. The molecule has 0 fully saturated rings. The molecule has 0 aliphatic carbocycles. The van der Waals surface area contributed by atoms with E-state index in [1.807, 2.05) is 3.59 Å². The van der Waals surface area contributed by atoms with Crippen molar-refractivity contribution in [3.8, 4) is 0 Å². The second-order valence-corrected chi connectivity index (χ2v) is 4.99. The Morgan fingerprint density at radius 1 is 1.43 bits per heavy atom. The third-order valence-electron chi connectivity index (χ3n) is 2.38. The standard InChI is InChI=1S/C10H16Br2N2/c1-4-6-7(3)9-10(11)13-8(5-2)14(9)12/h7H,4-6H2,1-3H3. The van der Waals surface area contributed by atoms with Gasteiger partial charge in [0.25, 0.3) is 0 Å². The molecule has 80 valence electrons. The first-order chi connectivity index (χ1) is 6.61. The van der Waals surface area contributed by atoms with Crippen LogP contribution in [0.1, 0.15) is 51.0 Å². The summed E-state index contributed by atoms with van der Waals surface area (Å²) in [5, 5.41) is 0. The molecule has 1 rings (SSSR count). The van der Waals surface area contributed by atoms with E-state index in [2.05, 4.69) is 57.8 Å². The van der Waals surface area contributed by atoms with Crippen molar-refractivity contribution < 1.29 is 0 Å². The molecule has 1 unspecified atom stereocenters. The topological polar surface area (TPSA) is 17.8 Å². The summed E-state index contributed by atoms with van der Waals surface area (Å²) in [6.07, 6.45) is 3.34. The summed E-state index contributed by atoms with van der Waals surface area (Å²) in [6, 6.07) is 0. The lowest BCUT2D eigenvalue weighted by molar-refractivity contribution is 0.642. The van der Waals surface area contributed by atoms with Crippen molar-refractivity contribution in [1.29, 1.82) is 0 Å². The molecule has 0 saturated heterocycles. The van der Waals surface area contributed by atoms with E-state index in [1.54, 1.807) is 0 Å². The molecule has 0 amide bonds. The fraction of sp³-hybridized carbons (Fsp3) is 0.700. The second-order valence-electron chi connectivity index (χ2n) is 3.53. The Hall–Kier alpha value is 0.170. The lowest BCUT2D eigenvalue weighted by Gasteiger charge is -2.10. The molecule has 0 saturated carbocycles. The maximum Gasteiger partial charge on any atom is 0.128 e. The molecule has 14 heavy (non-hydrogen) atoms. The minimum Gasteiger partial charge on any atom is -0.265 e. The van der Waals surface area contributed by atoms with Gasteiger partial charge in [0.05, 0.1) is 21.8 Å². The van der Waals surface area contributed by atoms with Crippen molar-refractivity contribution in [3.05, 3.63) is 16.1 Å². The minimum atomic E-state index is 0.543. The Bertz CT molecular complexity index is 307. The van der Waals surface area contributed by atoms with E-state index >= 15 is 0 Å². The molecule has 0 N–H and O–H groups in total. The number of halogens is 2. The van der Waals surface area contributed by atoms with Gasteiger partial charge in [-0.2, -0.15) is 0 Å². The van der Waals surface area contributed by atoms with Crippen LogP contribution < -0.4 is 0 Å². The van der Waals surface area contributed by atoms with Gasteiger partial charge in [-0.15, -0.1) is 0 Å². The van der Waals surface area contributed by atoms with Gasteiger partial charge in [-0.3, -0.25) is 3.59 Å². The number of hydrogen-bond donors (Lipinski definition) is 0. The van der Waals surface area contributed by atoms with Gasteiger partial charge in [-0.25, -0.2) is 4.98 Å². The highest BCUT2D eigenvalue weighted by molar-refractivity contribution is 9.10. The number of aromatic nitrogens is 2. The number of aryl methyl sites for hydroxylation is 1. The zero-order chi connectivity index (χ0) is 10.7. The average molecular weight is 324 g/mol. The molecule has 1 aromatic rings. The molecule has 2 nitrogen and oxygen atoms in total. The van der Waals surface area contributed by atoms with Crippen molar-refractivity contribution in [2.24, 2.45) is 0 Å². The molecule has 0 aliphatic heterocycles. The van der Waals surface area contributed by atoms with Crippen LogP contribution in [-0.2, 0) is 6.42 Å². The van der Waals surface area contributed by atoms with Crippen LogP contribution in [0.25, 0.3) is 0 Å². The Balaban J connectivity index is 3.01. The predicted molar refractivity (Wildman–Crippen MR) is 67.0 cm³/mol. The molecule has 1 aromatic heterocycles. The molecule has 1 atom stereocenters. The van der Waals surface area contributed by atoms with Crippen LogP contribution in [0.3, 0.4) is 0 Å². The third-order valence-corrected chi connectivity index (χ3v) is 3.76. The Kier molecular flexibility index (Phi) is 4.64. The van der Waals surface area contributed by atoms with Crippen LogP contribution in [0.5, 0.6) is 0 Å². The van der Waals surface area contributed by atoms with Crippen molar-refractivity contribution in [3.63, 3.8) is 0 Å². The van der Waals surface area contributed by atoms with E-state index < -0.39 is 0 Å². The minimum absolute atomic E-state index is 0.543. The van der Waals surface area contributed by atoms with Gasteiger partial charge in [-0.1, -0.05) is 27.2 Å². The average Bonchev–Trinajstić information content (AvgIpc) is 2.41. The molecule has 0 aliphatic rings. The Morgan fingerprint density at radius 3 is 2.50 bits per heavy atom. The molecule has 0 aromatic carbocycles. The predicted octanol–water partition coefficient (Wildman–Crippen LogP) is 4.27. The molecule has 1 heterocycles. The van der Waals surface area contributed by atoms with Gasteiger partial charge in [0.2, 0.25) is 0 Å². The summed E-state index contributed by atoms with van der Waals surface area (Å²) >= 11 is 7.07. The lowest BCUT2D eigenvalue weighted by Crippen LogP contribution is -2.00. The summed E-state index contributed by atoms with van der Waals surface area (Å²) in [4.78, 5) is 4.46. The lowest BCUT2D eigenvalue weighted by atomic mass is 10.0. The van der Waals surface area contributed by atoms with Gasteiger partial charge >= 0.3 is 0 Å². The van der Waals surface area contributed by atoms with E-state index in [9.17, 15) is 0 Å². The fourth-order valence-electron chi connectivity index (χ4n) is 1.62. The normalized spacial score (nSPS) is 13.2. The number of hydrogen-bond acceptors (Lipinski definition) is 1. The van der Waals surface area contributed by atoms with Gasteiger partial charge in [0.15, 0.2) is 0 Å². The fourth-order valence-corrected chi connectivity index (χ4v) is 3.48. The van der Waals surface area contributed by atoms with Crippen LogP contribution in [0.4, 0.5) is 0 Å². The van der Waals surface area contributed by atoms with Crippen molar-refractivity contribution in [2.75, 3.05) is 0 Å². The molecule has 0 radical (unpaired) electrons. The second kappa shape index (κ2) is 5.31. The molecule has 0 bridgehead atoms.